The average Bonchev–Trinajstić information content (AvgIpc) is 2.81. The standard InChI is InChI=1S/C15H20N4O2/c1-5-10(2)19(4)14(7-15(20)21)11-6-12-13(16-8-11)9-18(3)17-12/h6,8-9,14H,2,5,7H2,1,3-4H3,(H,20,21). The number of pyridine rings is 1. The lowest BCUT2D eigenvalue weighted by Gasteiger charge is -2.30. The summed E-state index contributed by atoms with van der Waals surface area (Å²) in [4.78, 5) is 17.4. The third kappa shape index (κ3) is 3.21. The van der Waals surface area contributed by atoms with E-state index in [1.807, 2.05) is 38.2 Å². The van der Waals surface area contributed by atoms with Gasteiger partial charge in [0.15, 0.2) is 0 Å². The summed E-state index contributed by atoms with van der Waals surface area (Å²) in [5, 5.41) is 13.5. The largest absolute Gasteiger partial charge is 0.481 e. The van der Waals surface area contributed by atoms with E-state index in [0.717, 1.165) is 28.7 Å². The van der Waals surface area contributed by atoms with Crippen LogP contribution in [0, 0.1) is 0 Å². The quantitative estimate of drug-likeness (QED) is 0.883. The Morgan fingerprint density at radius 3 is 2.86 bits per heavy atom. The van der Waals surface area contributed by atoms with Gasteiger partial charge in [-0.3, -0.25) is 14.5 Å². The van der Waals surface area contributed by atoms with Crippen LogP contribution in [-0.2, 0) is 11.8 Å². The van der Waals surface area contributed by atoms with Crippen molar-refractivity contribution in [1.82, 2.24) is 19.7 Å². The average molecular weight is 288 g/mol. The van der Waals surface area contributed by atoms with Gasteiger partial charge in [-0.05, 0) is 18.1 Å². The molecule has 2 rings (SSSR count). The monoisotopic (exact) mass is 288 g/mol. The smallest absolute Gasteiger partial charge is 0.305 e. The number of carboxylic acid groups (broad SMARTS) is 1. The predicted octanol–water partition coefficient (Wildman–Crippen LogP) is 2.34. The summed E-state index contributed by atoms with van der Waals surface area (Å²) in [6, 6.07) is 1.60. The van der Waals surface area contributed by atoms with E-state index in [9.17, 15) is 4.79 Å². The third-order valence-electron chi connectivity index (χ3n) is 3.62. The first-order valence-corrected chi connectivity index (χ1v) is 6.84. The second-order valence-corrected chi connectivity index (χ2v) is 5.12. The van der Waals surface area contributed by atoms with Crippen LogP contribution in [0.3, 0.4) is 0 Å². The fourth-order valence-corrected chi connectivity index (χ4v) is 2.33. The molecule has 0 aromatic carbocycles. The van der Waals surface area contributed by atoms with Crippen molar-refractivity contribution in [2.24, 2.45) is 7.05 Å². The van der Waals surface area contributed by atoms with Gasteiger partial charge in [-0.2, -0.15) is 5.10 Å². The van der Waals surface area contributed by atoms with Crippen molar-refractivity contribution in [3.05, 3.63) is 36.3 Å². The van der Waals surface area contributed by atoms with Crippen LogP contribution in [-0.4, -0.2) is 37.8 Å². The van der Waals surface area contributed by atoms with E-state index in [1.165, 1.54) is 0 Å². The zero-order valence-electron chi connectivity index (χ0n) is 12.6. The lowest BCUT2D eigenvalue weighted by atomic mass is 10.0. The molecule has 2 aromatic rings. The van der Waals surface area contributed by atoms with Gasteiger partial charge in [0, 0.05) is 26.0 Å². The van der Waals surface area contributed by atoms with Gasteiger partial charge in [0.05, 0.1) is 18.7 Å². The molecule has 0 saturated carbocycles. The molecule has 1 unspecified atom stereocenters. The molecule has 2 heterocycles. The van der Waals surface area contributed by atoms with Gasteiger partial charge in [0.1, 0.15) is 11.0 Å². The number of allylic oxidation sites excluding steroid dienone is 1. The molecule has 0 bridgehead atoms. The number of rotatable bonds is 6. The van der Waals surface area contributed by atoms with Crippen LogP contribution in [0.5, 0.6) is 0 Å². The molecule has 0 fully saturated rings. The SMILES string of the molecule is C=C(CC)N(C)C(CC(=O)O)c1cnc2cn(C)nc2c1. The van der Waals surface area contributed by atoms with E-state index in [-0.39, 0.29) is 12.5 Å². The normalized spacial score (nSPS) is 12.3. The van der Waals surface area contributed by atoms with E-state index >= 15 is 0 Å². The van der Waals surface area contributed by atoms with Gasteiger partial charge in [0.25, 0.3) is 0 Å². The fraction of sp³-hybridized carbons (Fsp3) is 0.400. The van der Waals surface area contributed by atoms with E-state index < -0.39 is 5.97 Å². The summed E-state index contributed by atoms with van der Waals surface area (Å²) < 4.78 is 1.70. The van der Waals surface area contributed by atoms with Gasteiger partial charge in [-0.15, -0.1) is 0 Å². The second kappa shape index (κ2) is 5.95. The highest BCUT2D eigenvalue weighted by Gasteiger charge is 2.22. The molecular formula is C15H20N4O2. The van der Waals surface area contributed by atoms with Crippen molar-refractivity contribution < 1.29 is 9.90 Å². The Kier molecular flexibility index (Phi) is 4.26. The molecule has 6 nitrogen and oxygen atoms in total. The lowest BCUT2D eigenvalue weighted by molar-refractivity contribution is -0.138. The van der Waals surface area contributed by atoms with Crippen LogP contribution in [0.15, 0.2) is 30.7 Å². The molecule has 2 aromatic heterocycles. The highest BCUT2D eigenvalue weighted by Crippen LogP contribution is 2.28. The summed E-state index contributed by atoms with van der Waals surface area (Å²) >= 11 is 0. The van der Waals surface area contributed by atoms with Crippen LogP contribution >= 0.6 is 0 Å². The first-order chi connectivity index (χ1) is 9.92. The fourth-order valence-electron chi connectivity index (χ4n) is 2.33. The minimum absolute atomic E-state index is 0.00442. The lowest BCUT2D eigenvalue weighted by Crippen LogP contribution is -2.25. The Balaban J connectivity index is 2.41. The number of nitrogens with zero attached hydrogens (tertiary/aromatic N) is 4. The molecule has 0 aliphatic heterocycles. The van der Waals surface area contributed by atoms with Gasteiger partial charge >= 0.3 is 5.97 Å². The maximum Gasteiger partial charge on any atom is 0.305 e. The minimum atomic E-state index is -0.850. The highest BCUT2D eigenvalue weighted by atomic mass is 16.4. The molecule has 0 saturated heterocycles. The molecule has 0 spiro atoms. The first-order valence-electron chi connectivity index (χ1n) is 6.84. The summed E-state index contributed by atoms with van der Waals surface area (Å²) in [5.41, 5.74) is 3.29. The van der Waals surface area contributed by atoms with Crippen LogP contribution in [0.1, 0.15) is 31.4 Å². The molecule has 21 heavy (non-hydrogen) atoms. The van der Waals surface area contributed by atoms with E-state index in [4.69, 9.17) is 5.11 Å². The Morgan fingerprint density at radius 2 is 2.24 bits per heavy atom. The molecular weight excluding hydrogens is 268 g/mol. The van der Waals surface area contributed by atoms with Crippen LogP contribution < -0.4 is 0 Å². The van der Waals surface area contributed by atoms with E-state index in [0.29, 0.717) is 0 Å². The minimum Gasteiger partial charge on any atom is -0.481 e. The Labute approximate surface area is 123 Å². The van der Waals surface area contributed by atoms with Crippen molar-refractivity contribution in [3.63, 3.8) is 0 Å². The highest BCUT2D eigenvalue weighted by molar-refractivity contribution is 5.74. The predicted molar refractivity (Wildman–Crippen MR) is 80.7 cm³/mol. The molecule has 0 aliphatic rings. The number of carbonyl (C=O) groups is 1. The topological polar surface area (TPSA) is 71.2 Å². The summed E-state index contributed by atoms with van der Waals surface area (Å²) in [7, 11) is 3.70. The van der Waals surface area contributed by atoms with Gasteiger partial charge in [0.2, 0.25) is 0 Å². The number of fused-ring (bicyclic) bond motifs is 1. The van der Waals surface area contributed by atoms with Crippen LogP contribution in [0.2, 0.25) is 0 Å². The van der Waals surface area contributed by atoms with Crippen LogP contribution in [0.25, 0.3) is 11.0 Å². The van der Waals surface area contributed by atoms with E-state index in [2.05, 4.69) is 16.7 Å². The second-order valence-electron chi connectivity index (χ2n) is 5.12. The summed E-state index contributed by atoms with van der Waals surface area (Å²) in [6.07, 6.45) is 4.32. The first kappa shape index (κ1) is 15.0. The van der Waals surface area contributed by atoms with Crippen molar-refractivity contribution in [2.45, 2.75) is 25.8 Å². The summed E-state index contributed by atoms with van der Waals surface area (Å²) in [5.74, 6) is -0.850. The number of aliphatic carboxylic acids is 1. The number of aromatic nitrogens is 3. The Bertz CT molecular complexity index is 677. The van der Waals surface area contributed by atoms with E-state index in [1.54, 1.807) is 10.9 Å². The van der Waals surface area contributed by atoms with Crippen molar-refractivity contribution >= 4 is 17.0 Å². The maximum absolute atomic E-state index is 11.2. The van der Waals surface area contributed by atoms with Crippen molar-refractivity contribution in [3.8, 4) is 0 Å². The Morgan fingerprint density at radius 1 is 1.52 bits per heavy atom. The molecule has 1 N–H and O–H groups in total. The molecule has 0 radical (unpaired) electrons. The number of hydrogen-bond acceptors (Lipinski definition) is 4. The van der Waals surface area contributed by atoms with Crippen LogP contribution in [0.4, 0.5) is 0 Å². The maximum atomic E-state index is 11.2. The number of aryl methyl sites for hydroxylation is 1. The zero-order chi connectivity index (χ0) is 15.6. The molecule has 1 atom stereocenters. The molecule has 0 aliphatic carbocycles. The molecule has 6 heteroatoms. The summed E-state index contributed by atoms with van der Waals surface area (Å²) in [6.45, 7) is 5.98. The van der Waals surface area contributed by atoms with Gasteiger partial charge in [-0.25, -0.2) is 0 Å². The number of carboxylic acids is 1. The Hall–Kier alpha value is -2.37. The zero-order valence-corrected chi connectivity index (χ0v) is 12.6. The number of hydrogen-bond donors (Lipinski definition) is 1. The van der Waals surface area contributed by atoms with Gasteiger partial charge in [-0.1, -0.05) is 13.5 Å². The van der Waals surface area contributed by atoms with Crippen molar-refractivity contribution in [1.29, 1.82) is 0 Å². The molecule has 0 amide bonds. The third-order valence-corrected chi connectivity index (χ3v) is 3.62. The molecule has 112 valence electrons. The van der Waals surface area contributed by atoms with Crippen molar-refractivity contribution in [2.75, 3.05) is 7.05 Å². The van der Waals surface area contributed by atoms with Gasteiger partial charge < -0.3 is 10.0 Å².